The minimum Gasteiger partial charge on any atom is -0.496 e. The second-order valence-electron chi connectivity index (χ2n) is 6.13. The van der Waals surface area contributed by atoms with Crippen LogP contribution in [0.2, 0.25) is 0 Å². The Morgan fingerprint density at radius 1 is 1.25 bits per heavy atom. The maximum absolute atomic E-state index is 5.67. The van der Waals surface area contributed by atoms with Crippen LogP contribution >= 0.6 is 0 Å². The van der Waals surface area contributed by atoms with E-state index in [1.54, 1.807) is 7.11 Å². The van der Waals surface area contributed by atoms with Gasteiger partial charge in [0.05, 0.1) is 12.8 Å². The number of aromatic amines is 1. The van der Waals surface area contributed by atoms with Crippen molar-refractivity contribution in [2.45, 2.75) is 39.7 Å². The van der Waals surface area contributed by atoms with Gasteiger partial charge in [-0.15, -0.1) is 0 Å². The fraction of sp³-hybridized carbons (Fsp3) is 0.438. The molecule has 108 valence electrons. The summed E-state index contributed by atoms with van der Waals surface area (Å²) >= 11 is 0. The van der Waals surface area contributed by atoms with E-state index in [1.807, 2.05) is 6.07 Å². The quantitative estimate of drug-likeness (QED) is 0.903. The minimum absolute atomic E-state index is 0.0130. The van der Waals surface area contributed by atoms with Crippen molar-refractivity contribution in [1.29, 1.82) is 0 Å². The lowest BCUT2D eigenvalue weighted by Gasteiger charge is -2.24. The number of methoxy groups -OCH3 is 1. The van der Waals surface area contributed by atoms with E-state index in [0.29, 0.717) is 6.54 Å². The van der Waals surface area contributed by atoms with Gasteiger partial charge < -0.3 is 10.5 Å². The van der Waals surface area contributed by atoms with Gasteiger partial charge >= 0.3 is 0 Å². The number of aryl methyl sites for hydroxylation is 1. The van der Waals surface area contributed by atoms with Crippen molar-refractivity contribution in [2.24, 2.45) is 5.73 Å². The van der Waals surface area contributed by atoms with Crippen LogP contribution in [0.1, 0.15) is 37.6 Å². The first kappa shape index (κ1) is 14.6. The summed E-state index contributed by atoms with van der Waals surface area (Å²) in [6.07, 6.45) is 0. The van der Waals surface area contributed by atoms with Gasteiger partial charge in [-0.2, -0.15) is 5.10 Å². The number of aromatic nitrogens is 2. The van der Waals surface area contributed by atoms with Crippen molar-refractivity contribution in [3.63, 3.8) is 0 Å². The number of H-pyrrole nitrogens is 1. The van der Waals surface area contributed by atoms with Gasteiger partial charge in [-0.05, 0) is 30.0 Å². The molecule has 0 saturated carbocycles. The van der Waals surface area contributed by atoms with Gasteiger partial charge in [0.25, 0.3) is 0 Å². The Morgan fingerprint density at radius 2 is 1.95 bits per heavy atom. The van der Waals surface area contributed by atoms with Gasteiger partial charge in [-0.1, -0.05) is 26.8 Å². The summed E-state index contributed by atoms with van der Waals surface area (Å²) in [4.78, 5) is 0. The summed E-state index contributed by atoms with van der Waals surface area (Å²) in [7, 11) is 1.71. The minimum atomic E-state index is 0.0130. The molecule has 0 aliphatic heterocycles. The molecule has 20 heavy (non-hydrogen) atoms. The van der Waals surface area contributed by atoms with Crippen LogP contribution in [-0.4, -0.2) is 17.3 Å². The Kier molecular flexibility index (Phi) is 3.86. The van der Waals surface area contributed by atoms with E-state index in [4.69, 9.17) is 10.5 Å². The Labute approximate surface area is 120 Å². The van der Waals surface area contributed by atoms with Gasteiger partial charge in [0, 0.05) is 23.4 Å². The molecule has 0 bridgehead atoms. The van der Waals surface area contributed by atoms with Crippen LogP contribution in [-0.2, 0) is 12.0 Å². The number of nitrogens with two attached hydrogens (primary N) is 1. The van der Waals surface area contributed by atoms with Gasteiger partial charge in [-0.25, -0.2) is 0 Å². The average molecular weight is 273 g/mol. The molecule has 0 radical (unpaired) electrons. The molecule has 2 rings (SSSR count). The lowest BCUT2D eigenvalue weighted by atomic mass is 9.83. The third-order valence-corrected chi connectivity index (χ3v) is 3.37. The smallest absolute Gasteiger partial charge is 0.132 e. The monoisotopic (exact) mass is 273 g/mol. The molecule has 4 nitrogen and oxygen atoms in total. The molecule has 1 heterocycles. The molecule has 0 aliphatic carbocycles. The fourth-order valence-corrected chi connectivity index (χ4v) is 2.34. The van der Waals surface area contributed by atoms with Crippen molar-refractivity contribution < 1.29 is 4.74 Å². The zero-order valence-corrected chi connectivity index (χ0v) is 12.9. The molecular formula is C16H23N3O. The number of nitrogens with one attached hydrogen (secondary N) is 1. The van der Waals surface area contributed by atoms with Crippen molar-refractivity contribution >= 4 is 0 Å². The Balaban J connectivity index is 2.66. The van der Waals surface area contributed by atoms with E-state index in [9.17, 15) is 0 Å². The highest BCUT2D eigenvalue weighted by Gasteiger charge is 2.23. The van der Waals surface area contributed by atoms with Crippen molar-refractivity contribution in [3.05, 3.63) is 35.0 Å². The molecule has 1 aromatic heterocycles. The van der Waals surface area contributed by atoms with Crippen molar-refractivity contribution in [1.82, 2.24) is 10.2 Å². The molecule has 2 aromatic rings. The number of ether oxygens (including phenoxy) is 1. The number of benzene rings is 1. The maximum Gasteiger partial charge on any atom is 0.132 e. The topological polar surface area (TPSA) is 63.9 Å². The van der Waals surface area contributed by atoms with E-state index < -0.39 is 0 Å². The summed E-state index contributed by atoms with van der Waals surface area (Å²) in [5.74, 6) is 0.887. The van der Waals surface area contributed by atoms with Crippen LogP contribution in [0.15, 0.2) is 18.2 Å². The second-order valence-corrected chi connectivity index (χ2v) is 6.13. The highest BCUT2D eigenvalue weighted by atomic mass is 16.5. The van der Waals surface area contributed by atoms with Crippen LogP contribution in [0.3, 0.4) is 0 Å². The number of nitrogens with zero attached hydrogens (tertiary/aromatic N) is 1. The fourth-order valence-electron chi connectivity index (χ4n) is 2.34. The number of rotatable bonds is 3. The molecule has 0 saturated heterocycles. The summed E-state index contributed by atoms with van der Waals surface area (Å²) in [5.41, 5.74) is 10.8. The van der Waals surface area contributed by atoms with Crippen molar-refractivity contribution in [2.75, 3.05) is 7.11 Å². The predicted octanol–water partition coefficient (Wildman–Crippen LogP) is 3.15. The molecule has 4 heteroatoms. The van der Waals surface area contributed by atoms with E-state index in [2.05, 4.69) is 50.0 Å². The third-order valence-electron chi connectivity index (χ3n) is 3.37. The second kappa shape index (κ2) is 5.29. The maximum atomic E-state index is 5.67. The Hall–Kier alpha value is -1.81. The Morgan fingerprint density at radius 3 is 2.45 bits per heavy atom. The summed E-state index contributed by atoms with van der Waals surface area (Å²) in [6, 6.07) is 6.26. The molecule has 0 amide bonds. The lowest BCUT2D eigenvalue weighted by Crippen LogP contribution is -2.13. The van der Waals surface area contributed by atoms with Crippen LogP contribution < -0.4 is 10.5 Å². The van der Waals surface area contributed by atoms with E-state index >= 15 is 0 Å². The van der Waals surface area contributed by atoms with Crippen LogP contribution in [0.5, 0.6) is 5.75 Å². The highest BCUT2D eigenvalue weighted by molar-refractivity contribution is 5.71. The van der Waals surface area contributed by atoms with Crippen LogP contribution in [0.25, 0.3) is 11.3 Å². The first-order valence-corrected chi connectivity index (χ1v) is 6.80. The molecule has 0 unspecified atom stereocenters. The molecule has 3 N–H and O–H groups in total. The number of hydrogen-bond acceptors (Lipinski definition) is 3. The van der Waals surface area contributed by atoms with Crippen LogP contribution in [0.4, 0.5) is 0 Å². The molecule has 1 aromatic carbocycles. The summed E-state index contributed by atoms with van der Waals surface area (Å²) in [5, 5.41) is 7.30. The van der Waals surface area contributed by atoms with Gasteiger partial charge in [0.15, 0.2) is 0 Å². The average Bonchev–Trinajstić information content (AvgIpc) is 2.85. The molecule has 0 aliphatic rings. The molecule has 0 fully saturated rings. The highest BCUT2D eigenvalue weighted by Crippen LogP contribution is 2.39. The van der Waals surface area contributed by atoms with Gasteiger partial charge in [0.2, 0.25) is 0 Å². The standard InChI is InChI=1S/C16H23N3O/c1-10-6-12(14-8-11(9-17)18-19-14)15(20-5)13(7-10)16(2,3)4/h6-8H,9,17H2,1-5H3,(H,18,19). The predicted molar refractivity (Wildman–Crippen MR) is 81.9 cm³/mol. The largest absolute Gasteiger partial charge is 0.496 e. The van der Waals surface area contributed by atoms with E-state index in [1.165, 1.54) is 11.1 Å². The first-order valence-electron chi connectivity index (χ1n) is 6.80. The SMILES string of the molecule is COc1c(-c2cc(CN)[nH]n2)cc(C)cc1C(C)(C)C. The molecule has 0 atom stereocenters. The zero-order valence-electron chi connectivity index (χ0n) is 12.9. The lowest BCUT2D eigenvalue weighted by molar-refractivity contribution is 0.399. The van der Waals surface area contributed by atoms with Crippen molar-refractivity contribution in [3.8, 4) is 17.0 Å². The molecule has 0 spiro atoms. The van der Waals surface area contributed by atoms with Crippen LogP contribution in [0, 0.1) is 6.92 Å². The number of hydrogen-bond donors (Lipinski definition) is 2. The van der Waals surface area contributed by atoms with E-state index in [-0.39, 0.29) is 5.41 Å². The first-order chi connectivity index (χ1) is 9.36. The molecular weight excluding hydrogens is 250 g/mol. The Bertz CT molecular complexity index is 609. The van der Waals surface area contributed by atoms with Gasteiger partial charge in [-0.3, -0.25) is 5.10 Å². The zero-order chi connectivity index (χ0) is 14.9. The van der Waals surface area contributed by atoms with Gasteiger partial charge in [0.1, 0.15) is 5.75 Å². The third kappa shape index (κ3) is 2.70. The summed E-state index contributed by atoms with van der Waals surface area (Å²) < 4.78 is 5.67. The van der Waals surface area contributed by atoms with E-state index in [0.717, 1.165) is 22.7 Å². The summed E-state index contributed by atoms with van der Waals surface area (Å²) in [6.45, 7) is 9.10. The normalized spacial score (nSPS) is 11.7.